The van der Waals surface area contributed by atoms with Crippen LogP contribution in [-0.2, 0) is 0 Å². The largest absolute Gasteiger partial charge is 0.320 e. The van der Waals surface area contributed by atoms with Crippen LogP contribution in [0.3, 0.4) is 0 Å². The van der Waals surface area contributed by atoms with Gasteiger partial charge in [-0.3, -0.25) is 4.79 Å². The van der Waals surface area contributed by atoms with Crippen LogP contribution in [0.1, 0.15) is 6.92 Å². The summed E-state index contributed by atoms with van der Waals surface area (Å²) in [4.78, 5) is 11.5. The first-order chi connectivity index (χ1) is 3.68. The van der Waals surface area contributed by atoms with Crippen LogP contribution in [0.15, 0.2) is 12.3 Å². The molecule has 0 atom stereocenters. The van der Waals surface area contributed by atoms with E-state index in [1.54, 1.807) is 19.3 Å². The van der Waals surface area contributed by atoms with Gasteiger partial charge in [-0.1, -0.05) is 6.08 Å². The van der Waals surface area contributed by atoms with Crippen molar-refractivity contribution in [3.8, 4) is 0 Å². The molecule has 0 radical (unpaired) electrons. The summed E-state index contributed by atoms with van der Waals surface area (Å²) < 4.78 is 0. The average molecular weight is 134 g/mol. The maximum absolute atomic E-state index is 10.2. The van der Waals surface area contributed by atoms with Gasteiger partial charge < -0.3 is 4.90 Å². The van der Waals surface area contributed by atoms with Crippen molar-refractivity contribution in [1.29, 1.82) is 0 Å². The van der Waals surface area contributed by atoms with E-state index in [1.165, 1.54) is 4.90 Å². The zero-order valence-corrected chi connectivity index (χ0v) is 5.64. The number of carbonyl (C=O) groups excluding carboxylic acids is 1. The van der Waals surface area contributed by atoms with Gasteiger partial charge in [-0.25, -0.2) is 0 Å². The zero-order valence-electron chi connectivity index (χ0n) is 4.89. The molecular formula is C5H8ClNO. The third kappa shape index (κ3) is 2.64. The first-order valence-electron chi connectivity index (χ1n) is 2.23. The lowest BCUT2D eigenvalue weighted by molar-refractivity contribution is 0.244. The summed E-state index contributed by atoms with van der Waals surface area (Å²) in [5.74, 6) is 0. The Morgan fingerprint density at radius 2 is 2.25 bits per heavy atom. The van der Waals surface area contributed by atoms with Gasteiger partial charge in [0.25, 0.3) is 0 Å². The van der Waals surface area contributed by atoms with Crippen LogP contribution in [0, 0.1) is 0 Å². The molecule has 0 aromatic heterocycles. The maximum atomic E-state index is 10.2. The maximum Gasteiger partial charge on any atom is 0.320 e. The second kappa shape index (κ2) is 3.50. The third-order valence-electron chi connectivity index (χ3n) is 0.650. The lowest BCUT2D eigenvalue weighted by Gasteiger charge is -2.03. The van der Waals surface area contributed by atoms with Crippen molar-refractivity contribution in [1.82, 2.24) is 4.90 Å². The normalized spacial score (nSPS) is 9.88. The fourth-order valence-electron chi connectivity index (χ4n) is 0.282. The van der Waals surface area contributed by atoms with Gasteiger partial charge in [0.1, 0.15) is 0 Å². The molecular weight excluding hydrogens is 126 g/mol. The van der Waals surface area contributed by atoms with Crippen molar-refractivity contribution in [2.75, 3.05) is 7.05 Å². The lowest BCUT2D eigenvalue weighted by atomic mass is 10.7. The predicted octanol–water partition coefficient (Wildman–Crippen LogP) is 1.81. The molecule has 0 spiro atoms. The van der Waals surface area contributed by atoms with E-state index in [9.17, 15) is 4.79 Å². The molecule has 0 saturated heterocycles. The molecule has 46 valence electrons. The van der Waals surface area contributed by atoms with Gasteiger partial charge in [-0.15, -0.1) is 0 Å². The Balaban J connectivity index is 3.64. The van der Waals surface area contributed by atoms with Crippen LogP contribution in [0.4, 0.5) is 4.79 Å². The minimum Gasteiger partial charge on any atom is -0.309 e. The highest BCUT2D eigenvalue weighted by molar-refractivity contribution is 6.62. The van der Waals surface area contributed by atoms with E-state index in [1.807, 2.05) is 6.92 Å². The average Bonchev–Trinajstić information content (AvgIpc) is 1.67. The zero-order chi connectivity index (χ0) is 6.57. The van der Waals surface area contributed by atoms with Gasteiger partial charge in [0.2, 0.25) is 0 Å². The highest BCUT2D eigenvalue weighted by Crippen LogP contribution is 1.91. The van der Waals surface area contributed by atoms with Crippen molar-refractivity contribution in [2.45, 2.75) is 6.92 Å². The Bertz CT molecular complexity index is 111. The number of hydrogen-bond acceptors (Lipinski definition) is 1. The Morgan fingerprint density at radius 3 is 2.38 bits per heavy atom. The fraction of sp³-hybridized carbons (Fsp3) is 0.400. The van der Waals surface area contributed by atoms with Crippen molar-refractivity contribution in [2.24, 2.45) is 0 Å². The van der Waals surface area contributed by atoms with Crippen molar-refractivity contribution in [3.63, 3.8) is 0 Å². The number of halogens is 1. The summed E-state index contributed by atoms with van der Waals surface area (Å²) in [6.07, 6.45) is 3.33. The molecule has 0 heterocycles. The van der Waals surface area contributed by atoms with Crippen molar-refractivity contribution in [3.05, 3.63) is 12.3 Å². The summed E-state index contributed by atoms with van der Waals surface area (Å²) in [5.41, 5.74) is 0. The Hall–Kier alpha value is -0.500. The van der Waals surface area contributed by atoms with E-state index in [0.29, 0.717) is 0 Å². The van der Waals surface area contributed by atoms with E-state index < -0.39 is 5.37 Å². The number of hydrogen-bond donors (Lipinski definition) is 0. The number of nitrogens with zero attached hydrogens (tertiary/aromatic N) is 1. The molecule has 0 aromatic carbocycles. The number of amides is 1. The summed E-state index contributed by atoms with van der Waals surface area (Å²) in [7, 11) is 1.59. The van der Waals surface area contributed by atoms with Crippen LogP contribution in [-0.4, -0.2) is 17.3 Å². The fourth-order valence-corrected chi connectivity index (χ4v) is 0.339. The highest BCUT2D eigenvalue weighted by atomic mass is 35.5. The molecule has 0 aliphatic heterocycles. The first-order valence-corrected chi connectivity index (χ1v) is 2.61. The highest BCUT2D eigenvalue weighted by Gasteiger charge is 1.95. The van der Waals surface area contributed by atoms with Crippen LogP contribution < -0.4 is 0 Å². The minimum atomic E-state index is -0.469. The van der Waals surface area contributed by atoms with Gasteiger partial charge in [-0.2, -0.15) is 0 Å². The van der Waals surface area contributed by atoms with Crippen LogP contribution >= 0.6 is 11.6 Å². The summed E-state index contributed by atoms with van der Waals surface area (Å²) >= 11 is 5.04. The van der Waals surface area contributed by atoms with Gasteiger partial charge >= 0.3 is 5.37 Å². The van der Waals surface area contributed by atoms with E-state index in [-0.39, 0.29) is 0 Å². The predicted molar refractivity (Wildman–Crippen MR) is 33.8 cm³/mol. The van der Waals surface area contributed by atoms with Gasteiger partial charge in [0.15, 0.2) is 0 Å². The summed E-state index contributed by atoms with van der Waals surface area (Å²) in [5, 5.41) is -0.469. The van der Waals surface area contributed by atoms with Gasteiger partial charge in [0, 0.05) is 13.2 Å². The molecule has 0 bridgehead atoms. The number of allylic oxidation sites excluding steroid dienone is 1. The van der Waals surface area contributed by atoms with E-state index in [0.717, 1.165) is 0 Å². The van der Waals surface area contributed by atoms with E-state index in [2.05, 4.69) is 0 Å². The summed E-state index contributed by atoms with van der Waals surface area (Å²) in [6, 6.07) is 0. The smallest absolute Gasteiger partial charge is 0.309 e. The first kappa shape index (κ1) is 7.50. The lowest BCUT2D eigenvalue weighted by Crippen LogP contribution is -2.12. The molecule has 0 aliphatic rings. The van der Waals surface area contributed by atoms with E-state index in [4.69, 9.17) is 11.6 Å². The molecule has 0 N–H and O–H groups in total. The topological polar surface area (TPSA) is 20.3 Å². The molecule has 1 amide bonds. The molecule has 0 aliphatic carbocycles. The van der Waals surface area contributed by atoms with Gasteiger partial charge in [-0.05, 0) is 18.5 Å². The monoisotopic (exact) mass is 133 g/mol. The number of carbonyl (C=O) groups is 1. The Morgan fingerprint density at radius 1 is 1.75 bits per heavy atom. The summed E-state index contributed by atoms with van der Waals surface area (Å²) in [6.45, 7) is 1.82. The molecule has 0 fully saturated rings. The van der Waals surface area contributed by atoms with E-state index >= 15 is 0 Å². The van der Waals surface area contributed by atoms with Crippen LogP contribution in [0.25, 0.3) is 0 Å². The molecule has 3 heteroatoms. The molecule has 2 nitrogen and oxygen atoms in total. The molecule has 0 saturated carbocycles. The van der Waals surface area contributed by atoms with Crippen LogP contribution in [0.5, 0.6) is 0 Å². The number of rotatable bonds is 1. The van der Waals surface area contributed by atoms with Crippen LogP contribution in [0.2, 0.25) is 0 Å². The molecule has 8 heavy (non-hydrogen) atoms. The Labute approximate surface area is 53.7 Å². The van der Waals surface area contributed by atoms with Gasteiger partial charge in [0.05, 0.1) is 0 Å². The second-order valence-corrected chi connectivity index (χ2v) is 1.67. The minimum absolute atomic E-state index is 0.469. The van der Waals surface area contributed by atoms with Crippen molar-refractivity contribution >= 4 is 17.0 Å². The van der Waals surface area contributed by atoms with Crippen molar-refractivity contribution < 1.29 is 4.79 Å². The molecule has 0 rings (SSSR count). The molecule has 0 aromatic rings. The standard InChI is InChI=1S/C5H8ClNO/c1-3-4-7(2)5(6)8/h3-4H,1-2H3. The quantitative estimate of drug-likeness (QED) is 0.395. The second-order valence-electron chi connectivity index (χ2n) is 1.35. The third-order valence-corrected chi connectivity index (χ3v) is 0.917. The molecule has 0 unspecified atom stereocenters. The SMILES string of the molecule is CC=CN(C)C(=O)Cl. The Kier molecular flexibility index (Phi) is 3.28.